The van der Waals surface area contributed by atoms with Crippen molar-refractivity contribution < 1.29 is 19.8 Å². The zero-order chi connectivity index (χ0) is 14.7. The quantitative estimate of drug-likeness (QED) is 0.807. The summed E-state index contributed by atoms with van der Waals surface area (Å²) in [5, 5.41) is 18.4. The Morgan fingerprint density at radius 1 is 1.20 bits per heavy atom. The van der Waals surface area contributed by atoms with Crippen molar-refractivity contribution in [1.82, 2.24) is 9.55 Å². The summed E-state index contributed by atoms with van der Waals surface area (Å²) in [5.41, 5.74) is 0.482. The Kier molecular flexibility index (Phi) is 3.65. The van der Waals surface area contributed by atoms with Crippen LogP contribution in [0.3, 0.4) is 0 Å². The highest BCUT2D eigenvalue weighted by atomic mass is 16.4. The number of aliphatic carboxylic acids is 2. The first-order valence-corrected chi connectivity index (χ1v) is 5.74. The molecule has 2 rings (SSSR count). The summed E-state index contributed by atoms with van der Waals surface area (Å²) >= 11 is 0. The van der Waals surface area contributed by atoms with Gasteiger partial charge in [-0.15, -0.1) is 0 Å². The summed E-state index contributed by atoms with van der Waals surface area (Å²) in [4.78, 5) is 26.3. The Morgan fingerprint density at radius 3 is 2.40 bits per heavy atom. The van der Waals surface area contributed by atoms with E-state index in [0.717, 1.165) is 0 Å². The number of imidazole rings is 1. The summed E-state index contributed by atoms with van der Waals surface area (Å²) in [7, 11) is 0. The van der Waals surface area contributed by atoms with E-state index in [-0.39, 0.29) is 11.3 Å². The van der Waals surface area contributed by atoms with Crippen LogP contribution >= 0.6 is 0 Å². The van der Waals surface area contributed by atoms with Crippen LogP contribution in [0, 0.1) is 0 Å². The first kappa shape index (κ1) is 13.5. The number of carboxylic acid groups (broad SMARTS) is 2. The van der Waals surface area contributed by atoms with E-state index in [2.05, 4.69) is 11.6 Å². The smallest absolute Gasteiger partial charge is 0.337 e. The Balaban J connectivity index is 2.53. The minimum Gasteiger partial charge on any atom is -0.479 e. The molecule has 20 heavy (non-hydrogen) atoms. The number of hydrogen-bond donors (Lipinski definition) is 2. The lowest BCUT2D eigenvalue weighted by molar-refractivity contribution is -0.139. The van der Waals surface area contributed by atoms with Crippen molar-refractivity contribution >= 4 is 17.5 Å². The molecular formula is C14H12N2O4. The van der Waals surface area contributed by atoms with Gasteiger partial charge in [0.05, 0.1) is 23.8 Å². The lowest BCUT2D eigenvalue weighted by Crippen LogP contribution is -2.22. The monoisotopic (exact) mass is 272 g/mol. The highest BCUT2D eigenvalue weighted by Gasteiger charge is 2.25. The number of hydrogen-bond acceptors (Lipinski definition) is 3. The van der Waals surface area contributed by atoms with E-state index in [1.54, 1.807) is 30.3 Å². The standard InChI is InChI=1S/C14H12N2O4/c1-9(13(17)18)11-7-15-8-16(11)12(14(19)20)10-5-3-2-4-6-10/h2-8,12H,1H2,(H,17,18)(H,19,20). The van der Waals surface area contributed by atoms with Crippen LogP contribution in [0.15, 0.2) is 49.4 Å². The van der Waals surface area contributed by atoms with Crippen LogP contribution in [0.4, 0.5) is 0 Å². The normalized spacial score (nSPS) is 11.8. The van der Waals surface area contributed by atoms with E-state index in [1.807, 2.05) is 0 Å². The van der Waals surface area contributed by atoms with Crippen LogP contribution in [0.1, 0.15) is 17.3 Å². The predicted octanol–water partition coefficient (Wildman–Crippen LogP) is 1.65. The molecule has 0 aliphatic rings. The Bertz CT molecular complexity index is 661. The van der Waals surface area contributed by atoms with E-state index in [9.17, 15) is 14.7 Å². The molecule has 0 aliphatic carbocycles. The van der Waals surface area contributed by atoms with Gasteiger partial charge in [0.25, 0.3) is 0 Å². The summed E-state index contributed by atoms with van der Waals surface area (Å²) in [6, 6.07) is 7.47. The fraction of sp³-hybridized carbons (Fsp3) is 0.0714. The molecule has 0 radical (unpaired) electrons. The number of nitrogens with zero attached hydrogens (tertiary/aromatic N) is 2. The average Bonchev–Trinajstić information content (AvgIpc) is 2.87. The number of benzene rings is 1. The lowest BCUT2D eigenvalue weighted by atomic mass is 10.1. The molecule has 0 spiro atoms. The van der Waals surface area contributed by atoms with Gasteiger partial charge in [-0.1, -0.05) is 36.9 Å². The molecule has 0 amide bonds. The van der Waals surface area contributed by atoms with Crippen LogP contribution < -0.4 is 0 Å². The van der Waals surface area contributed by atoms with Crippen LogP contribution in [0.5, 0.6) is 0 Å². The van der Waals surface area contributed by atoms with Gasteiger partial charge in [-0.3, -0.25) is 0 Å². The van der Waals surface area contributed by atoms with Gasteiger partial charge in [0.2, 0.25) is 0 Å². The molecule has 2 aromatic rings. The van der Waals surface area contributed by atoms with Crippen LogP contribution in [0.25, 0.3) is 5.57 Å². The van der Waals surface area contributed by atoms with E-state index >= 15 is 0 Å². The van der Waals surface area contributed by atoms with Crippen molar-refractivity contribution in [3.8, 4) is 0 Å². The van der Waals surface area contributed by atoms with Gasteiger partial charge in [-0.25, -0.2) is 14.6 Å². The van der Waals surface area contributed by atoms with Crippen molar-refractivity contribution in [1.29, 1.82) is 0 Å². The number of rotatable bonds is 5. The van der Waals surface area contributed by atoms with Crippen molar-refractivity contribution in [2.75, 3.05) is 0 Å². The summed E-state index contributed by atoms with van der Waals surface area (Å²) in [6.45, 7) is 3.44. The number of carboxylic acids is 2. The maximum atomic E-state index is 11.5. The minimum absolute atomic E-state index is 0.161. The maximum absolute atomic E-state index is 11.5. The molecule has 1 aromatic carbocycles. The molecular weight excluding hydrogens is 260 g/mol. The zero-order valence-electron chi connectivity index (χ0n) is 10.4. The van der Waals surface area contributed by atoms with Crippen LogP contribution in [0.2, 0.25) is 0 Å². The van der Waals surface area contributed by atoms with Gasteiger partial charge in [0, 0.05) is 0 Å². The summed E-state index contributed by atoms with van der Waals surface area (Å²) < 4.78 is 1.29. The Morgan fingerprint density at radius 2 is 1.85 bits per heavy atom. The predicted molar refractivity (Wildman–Crippen MR) is 71.1 cm³/mol. The Hall–Kier alpha value is -2.89. The third kappa shape index (κ3) is 2.44. The highest BCUT2D eigenvalue weighted by molar-refractivity contribution is 6.13. The van der Waals surface area contributed by atoms with Gasteiger partial charge in [-0.2, -0.15) is 0 Å². The second kappa shape index (κ2) is 5.40. The second-order valence-electron chi connectivity index (χ2n) is 4.12. The highest BCUT2D eigenvalue weighted by Crippen LogP contribution is 2.23. The van der Waals surface area contributed by atoms with E-state index < -0.39 is 18.0 Å². The summed E-state index contributed by atoms with van der Waals surface area (Å²) in [6.07, 6.45) is 2.57. The largest absolute Gasteiger partial charge is 0.479 e. The van der Waals surface area contributed by atoms with Crippen molar-refractivity contribution in [3.05, 3.63) is 60.7 Å². The third-order valence-corrected chi connectivity index (χ3v) is 2.86. The second-order valence-corrected chi connectivity index (χ2v) is 4.12. The van der Waals surface area contributed by atoms with E-state index in [1.165, 1.54) is 17.1 Å². The van der Waals surface area contributed by atoms with Crippen molar-refractivity contribution in [2.45, 2.75) is 6.04 Å². The molecule has 0 saturated carbocycles. The van der Waals surface area contributed by atoms with Crippen molar-refractivity contribution in [3.63, 3.8) is 0 Å². The van der Waals surface area contributed by atoms with Gasteiger partial charge >= 0.3 is 11.9 Å². The van der Waals surface area contributed by atoms with Gasteiger partial charge in [0.15, 0.2) is 6.04 Å². The number of carbonyl (C=O) groups is 2. The van der Waals surface area contributed by atoms with Crippen LogP contribution in [-0.2, 0) is 9.59 Å². The zero-order valence-corrected chi connectivity index (χ0v) is 10.4. The molecule has 1 heterocycles. The molecule has 0 saturated heterocycles. The number of aromatic nitrogens is 2. The topological polar surface area (TPSA) is 92.4 Å². The molecule has 1 atom stereocenters. The third-order valence-electron chi connectivity index (χ3n) is 2.86. The average molecular weight is 272 g/mol. The fourth-order valence-corrected chi connectivity index (χ4v) is 1.91. The SMILES string of the molecule is C=C(C(=O)O)c1cncn1C(C(=O)O)c1ccccc1. The first-order chi connectivity index (χ1) is 9.52. The maximum Gasteiger partial charge on any atom is 0.337 e. The van der Waals surface area contributed by atoms with Gasteiger partial charge in [0.1, 0.15) is 0 Å². The molecule has 6 heteroatoms. The minimum atomic E-state index is -1.22. The summed E-state index contributed by atoms with van der Waals surface area (Å²) in [5.74, 6) is -2.32. The van der Waals surface area contributed by atoms with Crippen molar-refractivity contribution in [2.24, 2.45) is 0 Å². The first-order valence-electron chi connectivity index (χ1n) is 5.74. The fourth-order valence-electron chi connectivity index (χ4n) is 1.91. The molecule has 1 aromatic heterocycles. The molecule has 0 fully saturated rings. The van der Waals surface area contributed by atoms with Crippen LogP contribution in [-0.4, -0.2) is 31.7 Å². The molecule has 102 valence electrons. The Labute approximate surface area is 114 Å². The molecule has 2 N–H and O–H groups in total. The van der Waals surface area contributed by atoms with E-state index in [0.29, 0.717) is 5.56 Å². The van der Waals surface area contributed by atoms with E-state index in [4.69, 9.17) is 5.11 Å². The van der Waals surface area contributed by atoms with Gasteiger partial charge in [-0.05, 0) is 5.56 Å². The molecule has 0 bridgehead atoms. The molecule has 0 aliphatic heterocycles. The molecule has 1 unspecified atom stereocenters. The lowest BCUT2D eigenvalue weighted by Gasteiger charge is -2.17. The van der Waals surface area contributed by atoms with Gasteiger partial charge < -0.3 is 14.8 Å². The molecule has 6 nitrogen and oxygen atoms in total.